The van der Waals surface area contributed by atoms with Gasteiger partial charge in [-0.25, -0.2) is 9.78 Å². The summed E-state index contributed by atoms with van der Waals surface area (Å²) in [7, 11) is 1.66. The van der Waals surface area contributed by atoms with Crippen LogP contribution in [0.3, 0.4) is 0 Å². The standard InChI is InChI=1S/C16H22BrN3O3S/c1-8(2)11(20(6)15(22)23-16(3,4)5)13-18-9-7-10(17)24-12(9)14(21)19-13/h7-8,11H,1-6H3,(H,18,19,21)/t11-/m0/s1. The average Bonchev–Trinajstić information content (AvgIpc) is 2.77. The maximum atomic E-state index is 12.4. The van der Waals surface area contributed by atoms with Crippen molar-refractivity contribution in [3.63, 3.8) is 0 Å². The van der Waals surface area contributed by atoms with Gasteiger partial charge in [0.15, 0.2) is 0 Å². The number of nitrogens with one attached hydrogen (secondary N) is 1. The number of fused-ring (bicyclic) bond motifs is 1. The number of rotatable bonds is 3. The predicted molar refractivity (Wildman–Crippen MR) is 99.5 cm³/mol. The highest BCUT2D eigenvalue weighted by molar-refractivity contribution is 9.11. The molecular formula is C16H22BrN3O3S. The fraction of sp³-hybridized carbons (Fsp3) is 0.562. The fourth-order valence-electron chi connectivity index (χ4n) is 2.46. The first-order chi connectivity index (χ1) is 11.0. The molecule has 0 aliphatic rings. The number of halogens is 1. The third-order valence-electron chi connectivity index (χ3n) is 3.38. The van der Waals surface area contributed by atoms with Gasteiger partial charge in [0.05, 0.1) is 15.3 Å². The number of aromatic amines is 1. The second-order valence-corrected chi connectivity index (χ2v) is 9.43. The van der Waals surface area contributed by atoms with Crippen molar-refractivity contribution in [3.05, 3.63) is 26.0 Å². The highest BCUT2D eigenvalue weighted by atomic mass is 79.9. The molecule has 1 N–H and O–H groups in total. The van der Waals surface area contributed by atoms with Crippen LogP contribution in [-0.4, -0.2) is 33.6 Å². The van der Waals surface area contributed by atoms with E-state index in [2.05, 4.69) is 25.9 Å². The van der Waals surface area contributed by atoms with Gasteiger partial charge < -0.3 is 14.6 Å². The zero-order chi connectivity index (χ0) is 18.2. The summed E-state index contributed by atoms with van der Waals surface area (Å²) in [5, 5.41) is 0. The van der Waals surface area contributed by atoms with Gasteiger partial charge in [0.1, 0.15) is 16.1 Å². The van der Waals surface area contributed by atoms with Crippen molar-refractivity contribution in [1.82, 2.24) is 14.9 Å². The Kier molecular flexibility index (Phi) is 5.39. The van der Waals surface area contributed by atoms with E-state index in [1.165, 1.54) is 16.2 Å². The van der Waals surface area contributed by atoms with Crippen LogP contribution in [0.4, 0.5) is 4.79 Å². The first kappa shape index (κ1) is 18.9. The lowest BCUT2D eigenvalue weighted by Gasteiger charge is -2.32. The van der Waals surface area contributed by atoms with E-state index in [0.29, 0.717) is 16.0 Å². The molecule has 6 nitrogen and oxygen atoms in total. The average molecular weight is 416 g/mol. The summed E-state index contributed by atoms with van der Waals surface area (Å²) in [6.45, 7) is 9.40. The molecule has 132 valence electrons. The lowest BCUT2D eigenvalue weighted by Crippen LogP contribution is -2.39. The van der Waals surface area contributed by atoms with Crippen LogP contribution in [0.25, 0.3) is 10.2 Å². The van der Waals surface area contributed by atoms with Gasteiger partial charge in [-0.05, 0) is 48.7 Å². The van der Waals surface area contributed by atoms with Crippen LogP contribution in [-0.2, 0) is 4.74 Å². The van der Waals surface area contributed by atoms with E-state index in [1.807, 2.05) is 40.7 Å². The predicted octanol–water partition coefficient (Wildman–Crippen LogP) is 4.31. The Morgan fingerprint density at radius 3 is 2.58 bits per heavy atom. The van der Waals surface area contributed by atoms with Crippen molar-refractivity contribution >= 4 is 43.6 Å². The minimum absolute atomic E-state index is 0.0465. The van der Waals surface area contributed by atoms with Gasteiger partial charge in [0, 0.05) is 7.05 Å². The molecule has 1 atom stereocenters. The summed E-state index contributed by atoms with van der Waals surface area (Å²) >= 11 is 4.71. The first-order valence-electron chi connectivity index (χ1n) is 7.64. The van der Waals surface area contributed by atoms with E-state index in [1.54, 1.807) is 7.05 Å². The van der Waals surface area contributed by atoms with Crippen LogP contribution in [0.15, 0.2) is 14.6 Å². The summed E-state index contributed by atoms with van der Waals surface area (Å²) in [6, 6.07) is 1.42. The maximum absolute atomic E-state index is 12.4. The molecular weight excluding hydrogens is 394 g/mol. The molecule has 2 aromatic rings. The SMILES string of the molecule is CC(C)[C@@H](c1nc2cc(Br)sc2c(=O)[nH]1)N(C)C(=O)OC(C)(C)C. The molecule has 24 heavy (non-hydrogen) atoms. The van der Waals surface area contributed by atoms with Crippen molar-refractivity contribution in [2.24, 2.45) is 5.92 Å². The third-order valence-corrected chi connectivity index (χ3v) is 5.01. The Balaban J connectivity index is 2.44. The van der Waals surface area contributed by atoms with Crippen molar-refractivity contribution in [1.29, 1.82) is 0 Å². The smallest absolute Gasteiger partial charge is 0.410 e. The molecule has 0 aliphatic carbocycles. The van der Waals surface area contributed by atoms with E-state index in [9.17, 15) is 9.59 Å². The van der Waals surface area contributed by atoms with Crippen LogP contribution in [0, 0.1) is 5.92 Å². The molecule has 0 radical (unpaired) electrons. The van der Waals surface area contributed by atoms with Crippen molar-refractivity contribution in [2.45, 2.75) is 46.3 Å². The van der Waals surface area contributed by atoms with Crippen molar-refractivity contribution < 1.29 is 9.53 Å². The lowest BCUT2D eigenvalue weighted by atomic mass is 10.0. The molecule has 1 amide bonds. The fourth-order valence-corrected chi connectivity index (χ4v) is 3.88. The topological polar surface area (TPSA) is 75.3 Å². The van der Waals surface area contributed by atoms with Crippen LogP contribution < -0.4 is 5.56 Å². The largest absolute Gasteiger partial charge is 0.444 e. The molecule has 0 unspecified atom stereocenters. The summed E-state index contributed by atoms with van der Waals surface area (Å²) in [5.41, 5.74) is -0.168. The Hall–Kier alpha value is -1.41. The highest BCUT2D eigenvalue weighted by Crippen LogP contribution is 2.30. The van der Waals surface area contributed by atoms with Crippen LogP contribution in [0.1, 0.15) is 46.5 Å². The van der Waals surface area contributed by atoms with Gasteiger partial charge in [0.25, 0.3) is 5.56 Å². The van der Waals surface area contributed by atoms with Crippen LogP contribution in [0.5, 0.6) is 0 Å². The van der Waals surface area contributed by atoms with E-state index < -0.39 is 17.7 Å². The van der Waals surface area contributed by atoms with E-state index >= 15 is 0 Å². The molecule has 2 heterocycles. The zero-order valence-electron chi connectivity index (χ0n) is 14.6. The number of carbonyl (C=O) groups excluding carboxylic acids is 1. The Morgan fingerprint density at radius 2 is 2.04 bits per heavy atom. The zero-order valence-corrected chi connectivity index (χ0v) is 17.0. The molecule has 2 aromatic heterocycles. The number of hydrogen-bond acceptors (Lipinski definition) is 5. The minimum atomic E-state index is -0.587. The monoisotopic (exact) mass is 415 g/mol. The van der Waals surface area contributed by atoms with Crippen molar-refractivity contribution in [3.8, 4) is 0 Å². The van der Waals surface area contributed by atoms with Crippen LogP contribution in [0.2, 0.25) is 0 Å². The summed E-state index contributed by atoms with van der Waals surface area (Å²) in [5.74, 6) is 0.506. The van der Waals surface area contributed by atoms with E-state index in [4.69, 9.17) is 4.74 Å². The van der Waals surface area contributed by atoms with Gasteiger partial charge in [0.2, 0.25) is 0 Å². The molecule has 0 aliphatic heterocycles. The number of amides is 1. The van der Waals surface area contributed by atoms with Gasteiger partial charge in [-0.2, -0.15) is 0 Å². The number of ether oxygens (including phenoxy) is 1. The maximum Gasteiger partial charge on any atom is 0.410 e. The first-order valence-corrected chi connectivity index (χ1v) is 9.25. The number of hydrogen-bond donors (Lipinski definition) is 1. The van der Waals surface area contributed by atoms with Crippen LogP contribution >= 0.6 is 27.3 Å². The molecule has 0 fully saturated rings. The second-order valence-electron chi connectivity index (χ2n) is 7.00. The lowest BCUT2D eigenvalue weighted by molar-refractivity contribution is 0.0166. The van der Waals surface area contributed by atoms with E-state index in [-0.39, 0.29) is 11.5 Å². The molecule has 0 spiro atoms. The quantitative estimate of drug-likeness (QED) is 0.809. The Morgan fingerprint density at radius 1 is 1.42 bits per heavy atom. The van der Waals surface area contributed by atoms with Gasteiger partial charge in [-0.1, -0.05) is 13.8 Å². The number of thiophene rings is 1. The third kappa shape index (κ3) is 4.16. The number of aromatic nitrogens is 2. The Labute approximate surface area is 153 Å². The number of carbonyl (C=O) groups is 1. The van der Waals surface area contributed by atoms with E-state index in [0.717, 1.165) is 3.79 Å². The van der Waals surface area contributed by atoms with Gasteiger partial charge in [-0.3, -0.25) is 4.79 Å². The molecule has 2 rings (SSSR count). The molecule has 0 aromatic carbocycles. The number of H-pyrrole nitrogens is 1. The molecule has 0 saturated heterocycles. The molecule has 8 heteroatoms. The molecule has 0 bridgehead atoms. The summed E-state index contributed by atoms with van der Waals surface area (Å²) < 4.78 is 6.84. The van der Waals surface area contributed by atoms with Crippen molar-refractivity contribution in [2.75, 3.05) is 7.05 Å². The second kappa shape index (κ2) is 6.84. The summed E-state index contributed by atoms with van der Waals surface area (Å²) in [4.78, 5) is 33.6. The molecule has 0 saturated carbocycles. The highest BCUT2D eigenvalue weighted by Gasteiger charge is 2.30. The van der Waals surface area contributed by atoms with Gasteiger partial charge >= 0.3 is 6.09 Å². The normalized spacial score (nSPS) is 13.3. The minimum Gasteiger partial charge on any atom is -0.444 e. The number of nitrogens with zero attached hydrogens (tertiary/aromatic N) is 2. The van der Waals surface area contributed by atoms with Gasteiger partial charge in [-0.15, -0.1) is 11.3 Å². The summed E-state index contributed by atoms with van der Waals surface area (Å²) in [6.07, 6.45) is -0.449. The Bertz CT molecular complexity index is 807.